The van der Waals surface area contributed by atoms with Gasteiger partial charge in [0.05, 0.1) is 0 Å². The Morgan fingerprint density at radius 1 is 0.667 bits per heavy atom. The van der Waals surface area contributed by atoms with Crippen molar-refractivity contribution < 1.29 is 0 Å². The molecular formula is C18H20. The highest BCUT2D eigenvalue weighted by Crippen LogP contribution is 2.35. The molecule has 0 bridgehead atoms. The fourth-order valence-corrected chi connectivity index (χ4v) is 3.02. The lowest BCUT2D eigenvalue weighted by molar-refractivity contribution is 0.382. The maximum atomic E-state index is 2.38. The van der Waals surface area contributed by atoms with E-state index in [1.54, 1.807) is 0 Å². The van der Waals surface area contributed by atoms with Gasteiger partial charge >= 0.3 is 0 Å². The molecule has 3 rings (SSSR count). The van der Waals surface area contributed by atoms with Crippen LogP contribution >= 0.6 is 0 Å². The van der Waals surface area contributed by atoms with E-state index >= 15 is 0 Å². The van der Waals surface area contributed by atoms with Crippen molar-refractivity contribution in [3.8, 4) is 11.1 Å². The third kappa shape index (κ3) is 1.96. The van der Waals surface area contributed by atoms with Gasteiger partial charge in [-0.15, -0.1) is 0 Å². The van der Waals surface area contributed by atoms with Gasteiger partial charge in [0.2, 0.25) is 0 Å². The van der Waals surface area contributed by atoms with Crippen LogP contribution in [0.1, 0.15) is 25.0 Å². The molecule has 0 heterocycles. The third-order valence-electron chi connectivity index (χ3n) is 4.38. The average molecular weight is 236 g/mol. The zero-order valence-electron chi connectivity index (χ0n) is 11.2. The molecule has 0 unspecified atom stereocenters. The molecule has 0 amide bonds. The van der Waals surface area contributed by atoms with Crippen LogP contribution in [0.5, 0.6) is 0 Å². The molecule has 0 nitrogen and oxygen atoms in total. The van der Waals surface area contributed by atoms with E-state index in [4.69, 9.17) is 0 Å². The van der Waals surface area contributed by atoms with Crippen molar-refractivity contribution in [2.45, 2.75) is 26.7 Å². The molecule has 0 fully saturated rings. The van der Waals surface area contributed by atoms with Crippen molar-refractivity contribution in [1.82, 2.24) is 0 Å². The molecule has 2 aromatic carbocycles. The molecule has 1 aliphatic carbocycles. The first-order valence-electron chi connectivity index (χ1n) is 6.92. The van der Waals surface area contributed by atoms with Gasteiger partial charge in [0.25, 0.3) is 0 Å². The Balaban J connectivity index is 2.21. The number of fused-ring (bicyclic) bond motifs is 3. The summed E-state index contributed by atoms with van der Waals surface area (Å²) in [6, 6.07) is 17.8. The number of rotatable bonds is 0. The first-order chi connectivity index (χ1) is 8.75. The topological polar surface area (TPSA) is 0 Å². The zero-order valence-corrected chi connectivity index (χ0v) is 11.2. The average Bonchev–Trinajstić information content (AvgIpc) is 2.39. The maximum Gasteiger partial charge on any atom is -0.0149 e. The van der Waals surface area contributed by atoms with Gasteiger partial charge in [0.1, 0.15) is 0 Å². The van der Waals surface area contributed by atoms with E-state index in [2.05, 4.69) is 62.4 Å². The molecule has 0 aromatic heterocycles. The fraction of sp³-hybridized carbons (Fsp3) is 0.333. The van der Waals surface area contributed by atoms with Gasteiger partial charge in [-0.05, 0) is 46.9 Å². The van der Waals surface area contributed by atoms with E-state index in [0.29, 0.717) is 0 Å². The predicted octanol–water partition coefficient (Wildman–Crippen LogP) is 4.72. The highest BCUT2D eigenvalue weighted by molar-refractivity contribution is 5.71. The Kier molecular flexibility index (Phi) is 2.95. The van der Waals surface area contributed by atoms with Crippen molar-refractivity contribution in [1.29, 1.82) is 0 Å². The largest absolute Gasteiger partial charge is 0.0620 e. The molecule has 0 spiro atoms. The van der Waals surface area contributed by atoms with Crippen molar-refractivity contribution >= 4 is 0 Å². The molecule has 18 heavy (non-hydrogen) atoms. The van der Waals surface area contributed by atoms with Crippen LogP contribution in [0.3, 0.4) is 0 Å². The summed E-state index contributed by atoms with van der Waals surface area (Å²) >= 11 is 0. The zero-order chi connectivity index (χ0) is 12.5. The molecule has 0 heteroatoms. The second-order valence-corrected chi connectivity index (χ2v) is 5.68. The molecule has 0 aliphatic heterocycles. The lowest BCUT2D eigenvalue weighted by atomic mass is 9.79. The van der Waals surface area contributed by atoms with E-state index in [1.807, 2.05) is 0 Å². The summed E-state index contributed by atoms with van der Waals surface area (Å²) in [6.45, 7) is 4.77. The molecule has 0 saturated carbocycles. The van der Waals surface area contributed by atoms with Gasteiger partial charge in [-0.3, -0.25) is 0 Å². The molecule has 0 saturated heterocycles. The standard InChI is InChI=1S/C18H20/c1-13-11-15-7-3-5-9-17(15)18-10-6-4-8-16(18)12-14(13)2/h3-10,13-14H,11-12H2,1-2H3/t13-,14+. The van der Waals surface area contributed by atoms with Crippen LogP contribution in [0.2, 0.25) is 0 Å². The minimum absolute atomic E-state index is 0.750. The normalized spacial score (nSPS) is 22.6. The van der Waals surface area contributed by atoms with Crippen molar-refractivity contribution in [3.05, 3.63) is 59.7 Å². The minimum Gasteiger partial charge on any atom is -0.0620 e. The fourth-order valence-electron chi connectivity index (χ4n) is 3.02. The van der Waals surface area contributed by atoms with Crippen LogP contribution in [0.15, 0.2) is 48.5 Å². The van der Waals surface area contributed by atoms with E-state index in [0.717, 1.165) is 11.8 Å². The third-order valence-corrected chi connectivity index (χ3v) is 4.38. The summed E-state index contributed by atoms with van der Waals surface area (Å²) in [5.41, 5.74) is 5.88. The highest BCUT2D eigenvalue weighted by atomic mass is 14.2. The smallest absolute Gasteiger partial charge is 0.0149 e. The van der Waals surface area contributed by atoms with Gasteiger partial charge in [0, 0.05) is 0 Å². The van der Waals surface area contributed by atoms with E-state index in [9.17, 15) is 0 Å². The maximum absolute atomic E-state index is 2.38. The van der Waals surface area contributed by atoms with E-state index in [-0.39, 0.29) is 0 Å². The first-order valence-corrected chi connectivity index (χ1v) is 6.92. The number of benzene rings is 2. The quantitative estimate of drug-likeness (QED) is 0.620. The Morgan fingerprint density at radius 3 is 1.50 bits per heavy atom. The summed E-state index contributed by atoms with van der Waals surface area (Å²) in [5, 5.41) is 0. The van der Waals surface area contributed by atoms with Crippen LogP contribution in [-0.2, 0) is 12.8 Å². The van der Waals surface area contributed by atoms with Crippen LogP contribution in [0.25, 0.3) is 11.1 Å². The monoisotopic (exact) mass is 236 g/mol. The second-order valence-electron chi connectivity index (χ2n) is 5.68. The SMILES string of the molecule is C[C@@H]1Cc2ccccc2-c2ccccc2C[C@@H]1C. The van der Waals surface area contributed by atoms with Gasteiger partial charge in [-0.25, -0.2) is 0 Å². The minimum atomic E-state index is 0.750. The van der Waals surface area contributed by atoms with E-state index < -0.39 is 0 Å². The molecule has 92 valence electrons. The molecule has 1 aliphatic rings. The summed E-state index contributed by atoms with van der Waals surface area (Å²) in [4.78, 5) is 0. The molecule has 0 N–H and O–H groups in total. The molecule has 2 aromatic rings. The first kappa shape index (κ1) is 11.5. The summed E-state index contributed by atoms with van der Waals surface area (Å²) in [7, 11) is 0. The van der Waals surface area contributed by atoms with Crippen molar-refractivity contribution in [3.63, 3.8) is 0 Å². The van der Waals surface area contributed by atoms with Crippen molar-refractivity contribution in [2.24, 2.45) is 11.8 Å². The Hall–Kier alpha value is -1.56. The van der Waals surface area contributed by atoms with Gasteiger partial charge in [0.15, 0.2) is 0 Å². The Labute approximate surface area is 110 Å². The lowest BCUT2D eigenvalue weighted by Gasteiger charge is -2.26. The predicted molar refractivity (Wildman–Crippen MR) is 77.6 cm³/mol. The summed E-state index contributed by atoms with van der Waals surface area (Å²) < 4.78 is 0. The van der Waals surface area contributed by atoms with Crippen LogP contribution in [0, 0.1) is 11.8 Å². The van der Waals surface area contributed by atoms with Gasteiger partial charge in [-0.1, -0.05) is 62.4 Å². The molecule has 2 atom stereocenters. The van der Waals surface area contributed by atoms with Gasteiger partial charge < -0.3 is 0 Å². The van der Waals surface area contributed by atoms with Crippen LogP contribution in [-0.4, -0.2) is 0 Å². The molecule has 0 radical (unpaired) electrons. The number of hydrogen-bond acceptors (Lipinski definition) is 0. The Morgan fingerprint density at radius 2 is 1.06 bits per heavy atom. The van der Waals surface area contributed by atoms with Crippen molar-refractivity contribution in [2.75, 3.05) is 0 Å². The highest BCUT2D eigenvalue weighted by Gasteiger charge is 2.20. The molecular weight excluding hydrogens is 216 g/mol. The Bertz CT molecular complexity index is 502. The van der Waals surface area contributed by atoms with E-state index in [1.165, 1.54) is 35.1 Å². The van der Waals surface area contributed by atoms with Gasteiger partial charge in [-0.2, -0.15) is 0 Å². The van der Waals surface area contributed by atoms with Crippen LogP contribution < -0.4 is 0 Å². The summed E-state index contributed by atoms with van der Waals surface area (Å²) in [5.74, 6) is 1.50. The summed E-state index contributed by atoms with van der Waals surface area (Å²) in [6.07, 6.45) is 2.40. The van der Waals surface area contributed by atoms with Crippen LogP contribution in [0.4, 0.5) is 0 Å². The lowest BCUT2D eigenvalue weighted by Crippen LogP contribution is -2.16. The number of hydrogen-bond donors (Lipinski definition) is 0. The second kappa shape index (κ2) is 4.61.